The molecule has 3 aromatic rings. The summed E-state index contributed by atoms with van der Waals surface area (Å²) in [7, 11) is 1.42. The second kappa shape index (κ2) is 10.8. The highest BCUT2D eigenvalue weighted by atomic mass is 35.5. The molecule has 1 aliphatic rings. The van der Waals surface area contributed by atoms with Gasteiger partial charge in [0.15, 0.2) is 11.5 Å². The molecule has 1 saturated heterocycles. The number of methoxy groups -OCH3 is 1. The van der Waals surface area contributed by atoms with Gasteiger partial charge in [0.25, 0.3) is 11.8 Å². The monoisotopic (exact) mass is 564 g/mol. The molecule has 1 N–H and O–H groups in total. The lowest BCUT2D eigenvalue weighted by Crippen LogP contribution is -2.54. The molecule has 11 heteroatoms. The van der Waals surface area contributed by atoms with E-state index in [1.807, 2.05) is 0 Å². The number of barbiturate groups is 1. The van der Waals surface area contributed by atoms with Crippen molar-refractivity contribution < 1.29 is 23.9 Å². The normalized spacial score (nSPS) is 14.8. The molecule has 0 spiro atoms. The molecule has 0 saturated carbocycles. The number of carbonyl (C=O) groups excluding carboxylic acids is 3. The average molecular weight is 566 g/mol. The van der Waals surface area contributed by atoms with Crippen molar-refractivity contribution in [2.45, 2.75) is 6.61 Å². The van der Waals surface area contributed by atoms with E-state index in [0.29, 0.717) is 20.6 Å². The van der Waals surface area contributed by atoms with Crippen LogP contribution < -0.4 is 19.7 Å². The van der Waals surface area contributed by atoms with Crippen molar-refractivity contribution in [3.63, 3.8) is 0 Å². The van der Waals surface area contributed by atoms with Gasteiger partial charge in [-0.1, -0.05) is 58.5 Å². The van der Waals surface area contributed by atoms with E-state index in [-0.39, 0.29) is 34.4 Å². The van der Waals surface area contributed by atoms with Gasteiger partial charge in [0, 0.05) is 5.02 Å². The number of rotatable bonds is 6. The van der Waals surface area contributed by atoms with Crippen LogP contribution in [0.3, 0.4) is 0 Å². The minimum atomic E-state index is -0.883. The summed E-state index contributed by atoms with van der Waals surface area (Å²) in [6, 6.07) is 13.4. The highest BCUT2D eigenvalue weighted by Gasteiger charge is 2.37. The van der Waals surface area contributed by atoms with Crippen LogP contribution in [0.5, 0.6) is 11.5 Å². The first-order valence-corrected chi connectivity index (χ1v) is 11.8. The molecule has 4 amide bonds. The number of hydrogen-bond acceptors (Lipinski definition) is 5. The predicted octanol–water partition coefficient (Wildman–Crippen LogP) is 6.55. The standard InChI is InChI=1S/C25H16Cl4N2O5/c1-35-21-10-14(9-20(29)22(21)36-12-13-5-6-18(27)19(28)8-13)7-17-23(32)30-25(34)31(24(17)33)16-4-2-3-15(26)11-16/h2-11H,12H2,1H3,(H,30,32,34)/b17-7+. The highest BCUT2D eigenvalue weighted by molar-refractivity contribution is 6.42. The summed E-state index contributed by atoms with van der Waals surface area (Å²) in [4.78, 5) is 38.8. The van der Waals surface area contributed by atoms with Crippen molar-refractivity contribution in [2.75, 3.05) is 12.0 Å². The minimum Gasteiger partial charge on any atom is -0.493 e. The molecule has 0 aromatic heterocycles. The van der Waals surface area contributed by atoms with E-state index in [9.17, 15) is 14.4 Å². The molecule has 1 aliphatic heterocycles. The number of carbonyl (C=O) groups is 3. The van der Waals surface area contributed by atoms with Gasteiger partial charge in [-0.2, -0.15) is 0 Å². The van der Waals surface area contributed by atoms with E-state index in [2.05, 4.69) is 5.32 Å². The Balaban J connectivity index is 1.64. The van der Waals surface area contributed by atoms with Crippen LogP contribution in [0, 0.1) is 0 Å². The number of nitrogens with zero attached hydrogens (tertiary/aromatic N) is 1. The van der Waals surface area contributed by atoms with Gasteiger partial charge < -0.3 is 9.47 Å². The van der Waals surface area contributed by atoms with Crippen molar-refractivity contribution in [3.05, 3.63) is 91.4 Å². The maximum absolute atomic E-state index is 13.1. The van der Waals surface area contributed by atoms with Gasteiger partial charge in [-0.25, -0.2) is 9.69 Å². The third-order valence-electron chi connectivity index (χ3n) is 5.10. The lowest BCUT2D eigenvalue weighted by atomic mass is 10.1. The lowest BCUT2D eigenvalue weighted by molar-refractivity contribution is -0.122. The number of hydrogen-bond donors (Lipinski definition) is 1. The van der Waals surface area contributed by atoms with Crippen molar-refractivity contribution in [1.29, 1.82) is 0 Å². The fourth-order valence-corrected chi connectivity index (χ4v) is 4.20. The minimum absolute atomic E-state index is 0.130. The van der Waals surface area contributed by atoms with E-state index >= 15 is 0 Å². The second-order valence-corrected chi connectivity index (χ2v) is 9.17. The molecule has 1 heterocycles. The Morgan fingerprint density at radius 2 is 1.69 bits per heavy atom. The van der Waals surface area contributed by atoms with Gasteiger partial charge in [0.2, 0.25) is 0 Å². The molecule has 0 bridgehead atoms. The first-order chi connectivity index (χ1) is 17.2. The summed E-state index contributed by atoms with van der Waals surface area (Å²) in [5.74, 6) is -1.15. The number of urea groups is 1. The van der Waals surface area contributed by atoms with Gasteiger partial charge in [0.1, 0.15) is 12.2 Å². The largest absolute Gasteiger partial charge is 0.493 e. The summed E-state index contributed by atoms with van der Waals surface area (Å²) in [6.07, 6.45) is 1.30. The Hall–Kier alpha value is -3.23. The van der Waals surface area contributed by atoms with Crippen LogP contribution in [0.4, 0.5) is 10.5 Å². The molecule has 4 rings (SSSR count). The SMILES string of the molecule is COc1cc(/C=C2\C(=O)NC(=O)N(c3cccc(Cl)c3)C2=O)cc(Cl)c1OCc1ccc(Cl)c(Cl)c1. The van der Waals surface area contributed by atoms with Crippen molar-refractivity contribution in [1.82, 2.24) is 5.32 Å². The van der Waals surface area contributed by atoms with Crippen molar-refractivity contribution >= 4 is 76.0 Å². The molecule has 184 valence electrons. The number of nitrogens with one attached hydrogen (secondary N) is 1. The number of benzene rings is 3. The Morgan fingerprint density at radius 3 is 2.39 bits per heavy atom. The van der Waals surface area contributed by atoms with Crippen LogP contribution in [0.25, 0.3) is 6.08 Å². The van der Waals surface area contributed by atoms with E-state index in [1.54, 1.807) is 36.4 Å². The third kappa shape index (κ3) is 5.44. The maximum Gasteiger partial charge on any atom is 0.335 e. The molecule has 0 aliphatic carbocycles. The van der Waals surface area contributed by atoms with Crippen LogP contribution in [-0.2, 0) is 16.2 Å². The van der Waals surface area contributed by atoms with E-state index in [1.165, 1.54) is 31.4 Å². The van der Waals surface area contributed by atoms with Crippen molar-refractivity contribution in [2.24, 2.45) is 0 Å². The van der Waals surface area contributed by atoms with E-state index in [4.69, 9.17) is 55.9 Å². The molecule has 7 nitrogen and oxygen atoms in total. The molecule has 3 aromatic carbocycles. The zero-order chi connectivity index (χ0) is 26.0. The Bertz CT molecular complexity index is 1420. The van der Waals surface area contributed by atoms with Crippen molar-refractivity contribution in [3.8, 4) is 11.5 Å². The molecule has 0 atom stereocenters. The molecule has 0 radical (unpaired) electrons. The zero-order valence-electron chi connectivity index (χ0n) is 18.5. The van der Waals surface area contributed by atoms with E-state index in [0.717, 1.165) is 10.5 Å². The highest BCUT2D eigenvalue weighted by Crippen LogP contribution is 2.38. The summed E-state index contributed by atoms with van der Waals surface area (Å²) in [5.41, 5.74) is 1.06. The topological polar surface area (TPSA) is 84.9 Å². The Labute approximate surface area is 226 Å². The van der Waals surface area contributed by atoms with Crippen LogP contribution in [0.1, 0.15) is 11.1 Å². The summed E-state index contributed by atoms with van der Waals surface area (Å²) >= 11 is 24.4. The number of anilines is 1. The number of amides is 4. The molecular formula is C25H16Cl4N2O5. The smallest absolute Gasteiger partial charge is 0.335 e. The predicted molar refractivity (Wildman–Crippen MR) is 139 cm³/mol. The van der Waals surface area contributed by atoms with Gasteiger partial charge in [0.05, 0.1) is 27.9 Å². The van der Waals surface area contributed by atoms with Gasteiger partial charge >= 0.3 is 6.03 Å². The van der Waals surface area contributed by atoms with Crippen LogP contribution in [0.2, 0.25) is 20.1 Å². The summed E-state index contributed by atoms with van der Waals surface area (Å²) < 4.78 is 11.2. The Kier molecular flexibility index (Phi) is 7.76. The molecule has 36 heavy (non-hydrogen) atoms. The first kappa shape index (κ1) is 25.9. The number of ether oxygens (including phenoxy) is 2. The molecule has 1 fully saturated rings. The second-order valence-electron chi connectivity index (χ2n) is 7.51. The van der Waals surface area contributed by atoms with E-state index < -0.39 is 17.8 Å². The molecule has 0 unspecified atom stereocenters. The molecular weight excluding hydrogens is 550 g/mol. The quantitative estimate of drug-likeness (QED) is 0.270. The Morgan fingerprint density at radius 1 is 0.917 bits per heavy atom. The van der Waals surface area contributed by atoms with Crippen LogP contribution in [-0.4, -0.2) is 25.0 Å². The van der Waals surface area contributed by atoms with Crippen LogP contribution in [0.15, 0.2) is 60.2 Å². The summed E-state index contributed by atoms with van der Waals surface area (Å²) in [5, 5.41) is 3.46. The zero-order valence-corrected chi connectivity index (χ0v) is 21.5. The van der Waals surface area contributed by atoms with Gasteiger partial charge in [-0.3, -0.25) is 14.9 Å². The average Bonchev–Trinajstić information content (AvgIpc) is 2.83. The number of imide groups is 2. The van der Waals surface area contributed by atoms with Crippen LogP contribution >= 0.6 is 46.4 Å². The fourth-order valence-electron chi connectivity index (χ4n) is 3.42. The number of halogens is 4. The van der Waals surface area contributed by atoms with Gasteiger partial charge in [-0.15, -0.1) is 0 Å². The lowest BCUT2D eigenvalue weighted by Gasteiger charge is -2.26. The third-order valence-corrected chi connectivity index (χ3v) is 6.35. The summed E-state index contributed by atoms with van der Waals surface area (Å²) in [6.45, 7) is 0.130. The fraction of sp³-hybridized carbons (Fsp3) is 0.0800. The maximum atomic E-state index is 13.1. The first-order valence-electron chi connectivity index (χ1n) is 10.3. The van der Waals surface area contributed by atoms with Gasteiger partial charge in [-0.05, 0) is 59.7 Å².